The normalized spacial score (nSPS) is 11.6. The minimum Gasteiger partial charge on any atom is -0.497 e. The fourth-order valence-corrected chi connectivity index (χ4v) is 4.16. The Balaban J connectivity index is 1.66. The number of carbonyl (C=O) groups excluding carboxylic acids is 3. The third-order valence-corrected chi connectivity index (χ3v) is 6.02. The van der Waals surface area contributed by atoms with Crippen molar-refractivity contribution in [2.45, 2.75) is 46.1 Å². The Labute approximate surface area is 244 Å². The number of benzene rings is 3. The highest BCUT2D eigenvalue weighted by Crippen LogP contribution is 2.28. The van der Waals surface area contributed by atoms with Crippen molar-refractivity contribution in [1.82, 2.24) is 9.88 Å². The lowest BCUT2D eigenvalue weighted by molar-refractivity contribution is -0.155. The summed E-state index contributed by atoms with van der Waals surface area (Å²) in [4.78, 5) is 38.7. The molecule has 0 bridgehead atoms. The van der Waals surface area contributed by atoms with E-state index >= 15 is 0 Å². The van der Waals surface area contributed by atoms with Crippen LogP contribution in [0.15, 0.2) is 90.8 Å². The molecule has 0 aliphatic heterocycles. The Morgan fingerprint density at radius 3 is 2.07 bits per heavy atom. The minimum atomic E-state index is -0.822. The number of carbonyl (C=O) groups is 3. The van der Waals surface area contributed by atoms with E-state index in [-0.39, 0.29) is 25.5 Å². The van der Waals surface area contributed by atoms with Gasteiger partial charge in [-0.15, -0.1) is 0 Å². The van der Waals surface area contributed by atoms with Crippen LogP contribution in [0.3, 0.4) is 0 Å². The van der Waals surface area contributed by atoms with Gasteiger partial charge in [0.2, 0.25) is 0 Å². The summed E-state index contributed by atoms with van der Waals surface area (Å²) in [7, 11) is 1.55. The zero-order chi connectivity index (χ0) is 30.1. The fourth-order valence-electron chi connectivity index (χ4n) is 4.16. The number of amides is 1. The second-order valence-corrected chi connectivity index (χ2v) is 10.5. The van der Waals surface area contributed by atoms with Gasteiger partial charge >= 0.3 is 18.0 Å². The number of esters is 2. The van der Waals surface area contributed by atoms with Crippen LogP contribution < -0.4 is 10.1 Å². The van der Waals surface area contributed by atoms with Gasteiger partial charge in [-0.1, -0.05) is 60.7 Å². The number of aromatic nitrogens is 1. The zero-order valence-corrected chi connectivity index (χ0v) is 24.1. The maximum absolute atomic E-state index is 13.3. The van der Waals surface area contributed by atoms with Crippen LogP contribution in [0.5, 0.6) is 5.75 Å². The lowest BCUT2D eigenvalue weighted by Gasteiger charge is -2.19. The SMILES string of the molecule is COc1ccc2c(c1)c(/C=C(\NC(=O)OCc1ccccc1)C(=O)OCc1ccccc1)cn2CC(=O)OC(C)(C)C. The number of hydrogen-bond acceptors (Lipinski definition) is 7. The maximum atomic E-state index is 13.3. The van der Waals surface area contributed by atoms with Crippen molar-refractivity contribution in [3.05, 3.63) is 107 Å². The molecule has 9 heteroatoms. The molecule has 0 atom stereocenters. The Kier molecular flexibility index (Phi) is 9.65. The molecule has 0 saturated carbocycles. The number of methoxy groups -OCH3 is 1. The monoisotopic (exact) mass is 570 g/mol. The Hall–Kier alpha value is -5.05. The Morgan fingerprint density at radius 2 is 1.48 bits per heavy atom. The first-order valence-corrected chi connectivity index (χ1v) is 13.4. The smallest absolute Gasteiger partial charge is 0.412 e. The van der Waals surface area contributed by atoms with Gasteiger partial charge in [0, 0.05) is 22.7 Å². The number of nitrogens with zero attached hydrogens (tertiary/aromatic N) is 1. The number of fused-ring (bicyclic) bond motifs is 1. The summed E-state index contributed by atoms with van der Waals surface area (Å²) in [5.41, 5.74) is 2.05. The standard InChI is InChI=1S/C33H34N2O7/c1-33(2,3)42-30(36)20-35-19-25(27-18-26(39-4)15-16-29(27)35)17-28(31(37)40-21-23-11-7-5-8-12-23)34-32(38)41-22-24-13-9-6-10-14-24/h5-19H,20-22H2,1-4H3,(H,34,38)/b28-17-. The molecule has 1 aromatic heterocycles. The molecule has 0 unspecified atom stereocenters. The molecule has 0 aliphatic carbocycles. The number of nitrogens with one attached hydrogen (secondary N) is 1. The van der Waals surface area contributed by atoms with Crippen LogP contribution in [0.2, 0.25) is 0 Å². The van der Waals surface area contributed by atoms with Crippen LogP contribution in [0.1, 0.15) is 37.5 Å². The number of rotatable bonds is 10. The van der Waals surface area contributed by atoms with Crippen LogP contribution in [-0.2, 0) is 43.6 Å². The van der Waals surface area contributed by atoms with Crippen LogP contribution >= 0.6 is 0 Å². The number of hydrogen-bond donors (Lipinski definition) is 1. The van der Waals surface area contributed by atoms with Gasteiger partial charge in [0.15, 0.2) is 0 Å². The quantitative estimate of drug-likeness (QED) is 0.142. The predicted molar refractivity (Wildman–Crippen MR) is 158 cm³/mol. The molecular formula is C33H34N2O7. The van der Waals surface area contributed by atoms with Gasteiger partial charge in [-0.3, -0.25) is 10.1 Å². The summed E-state index contributed by atoms with van der Waals surface area (Å²) in [6, 6.07) is 23.8. The average Bonchev–Trinajstić information content (AvgIpc) is 3.30. The molecule has 42 heavy (non-hydrogen) atoms. The van der Waals surface area contributed by atoms with Gasteiger partial charge in [-0.05, 0) is 56.2 Å². The molecule has 0 radical (unpaired) electrons. The second kappa shape index (κ2) is 13.5. The van der Waals surface area contributed by atoms with E-state index in [1.807, 2.05) is 66.7 Å². The van der Waals surface area contributed by atoms with E-state index in [2.05, 4.69) is 5.32 Å². The lowest BCUT2D eigenvalue weighted by Crippen LogP contribution is -2.29. The van der Waals surface area contributed by atoms with E-state index in [0.29, 0.717) is 22.2 Å². The molecule has 0 saturated heterocycles. The van der Waals surface area contributed by atoms with E-state index in [0.717, 1.165) is 11.1 Å². The van der Waals surface area contributed by atoms with Crippen LogP contribution in [0.25, 0.3) is 17.0 Å². The first-order chi connectivity index (χ1) is 20.1. The van der Waals surface area contributed by atoms with Gasteiger partial charge in [-0.25, -0.2) is 9.59 Å². The van der Waals surface area contributed by atoms with Crippen molar-refractivity contribution in [1.29, 1.82) is 0 Å². The highest BCUT2D eigenvalue weighted by Gasteiger charge is 2.21. The molecule has 4 aromatic rings. The Morgan fingerprint density at radius 1 is 0.857 bits per heavy atom. The van der Waals surface area contributed by atoms with Gasteiger partial charge in [0.05, 0.1) is 7.11 Å². The van der Waals surface area contributed by atoms with E-state index in [1.165, 1.54) is 6.08 Å². The topological polar surface area (TPSA) is 105 Å². The highest BCUT2D eigenvalue weighted by atomic mass is 16.6. The molecule has 218 valence electrons. The van der Waals surface area contributed by atoms with Gasteiger partial charge in [-0.2, -0.15) is 0 Å². The summed E-state index contributed by atoms with van der Waals surface area (Å²) in [5.74, 6) is -0.599. The van der Waals surface area contributed by atoms with Crippen molar-refractivity contribution in [2.75, 3.05) is 7.11 Å². The van der Waals surface area contributed by atoms with E-state index in [4.69, 9.17) is 18.9 Å². The summed E-state index contributed by atoms with van der Waals surface area (Å²) >= 11 is 0. The first-order valence-electron chi connectivity index (χ1n) is 13.4. The van der Waals surface area contributed by atoms with Crippen molar-refractivity contribution < 1.29 is 33.3 Å². The molecular weight excluding hydrogens is 536 g/mol. The number of ether oxygens (including phenoxy) is 4. The molecule has 0 aliphatic rings. The molecule has 3 aromatic carbocycles. The van der Waals surface area contributed by atoms with Crippen molar-refractivity contribution in [2.24, 2.45) is 0 Å². The molecule has 4 rings (SSSR count). The van der Waals surface area contributed by atoms with Crippen molar-refractivity contribution >= 4 is 35.0 Å². The van der Waals surface area contributed by atoms with E-state index in [1.54, 1.807) is 50.8 Å². The molecule has 0 fully saturated rings. The molecule has 1 heterocycles. The summed E-state index contributed by atoms with van der Waals surface area (Å²) in [6.07, 6.45) is 2.37. The predicted octanol–water partition coefficient (Wildman–Crippen LogP) is 6.00. The molecule has 1 N–H and O–H groups in total. The fraction of sp³-hybridized carbons (Fsp3) is 0.242. The summed E-state index contributed by atoms with van der Waals surface area (Å²) in [6.45, 7) is 5.36. The van der Waals surface area contributed by atoms with Crippen molar-refractivity contribution in [3.63, 3.8) is 0 Å². The number of alkyl carbamates (subject to hydrolysis) is 1. The third kappa shape index (κ3) is 8.47. The minimum absolute atomic E-state index is 0.00594. The van der Waals surface area contributed by atoms with Crippen molar-refractivity contribution in [3.8, 4) is 5.75 Å². The molecule has 1 amide bonds. The maximum Gasteiger partial charge on any atom is 0.412 e. The second-order valence-electron chi connectivity index (χ2n) is 10.5. The van der Waals surface area contributed by atoms with Crippen LogP contribution in [0, 0.1) is 0 Å². The first kappa shape index (κ1) is 29.9. The molecule has 0 spiro atoms. The highest BCUT2D eigenvalue weighted by molar-refractivity contribution is 6.00. The summed E-state index contributed by atoms with van der Waals surface area (Å²) in [5, 5.41) is 3.23. The van der Waals surface area contributed by atoms with E-state index < -0.39 is 23.6 Å². The van der Waals surface area contributed by atoms with Gasteiger partial charge in [0.1, 0.15) is 36.8 Å². The lowest BCUT2D eigenvalue weighted by atomic mass is 10.1. The summed E-state index contributed by atoms with van der Waals surface area (Å²) < 4.78 is 23.5. The van der Waals surface area contributed by atoms with Gasteiger partial charge in [0.25, 0.3) is 0 Å². The zero-order valence-electron chi connectivity index (χ0n) is 24.1. The largest absolute Gasteiger partial charge is 0.497 e. The van der Waals surface area contributed by atoms with Crippen LogP contribution in [0.4, 0.5) is 4.79 Å². The molecule has 9 nitrogen and oxygen atoms in total. The van der Waals surface area contributed by atoms with E-state index in [9.17, 15) is 14.4 Å². The van der Waals surface area contributed by atoms with Crippen LogP contribution in [-0.4, -0.2) is 35.3 Å². The van der Waals surface area contributed by atoms with Gasteiger partial charge < -0.3 is 23.5 Å². The third-order valence-electron chi connectivity index (χ3n) is 6.02. The average molecular weight is 571 g/mol. The Bertz CT molecular complexity index is 1570.